The maximum absolute atomic E-state index is 12.1. The number of unbranched alkanes of at least 4 members (excludes halogenated alkanes) is 12. The second-order valence-electron chi connectivity index (χ2n) is 8.89. The van der Waals surface area contributed by atoms with Crippen molar-refractivity contribution < 1.29 is 14.3 Å². The number of esters is 1. The summed E-state index contributed by atoms with van der Waals surface area (Å²) in [5.74, 6) is -0.207. The van der Waals surface area contributed by atoms with Gasteiger partial charge >= 0.3 is 5.97 Å². The largest absolute Gasteiger partial charge is 0.461 e. The maximum Gasteiger partial charge on any atom is 0.335 e. The fourth-order valence-corrected chi connectivity index (χ4v) is 3.46. The first-order chi connectivity index (χ1) is 14.0. The van der Waals surface area contributed by atoms with Crippen molar-refractivity contribution in [1.29, 1.82) is 0 Å². The normalized spacial score (nSPS) is 12.9. The first-order valence-corrected chi connectivity index (χ1v) is 12.5. The van der Waals surface area contributed by atoms with Crippen LogP contribution in [0.2, 0.25) is 0 Å². The predicted molar refractivity (Wildman–Crippen MR) is 125 cm³/mol. The Bertz CT molecular complexity index is 387. The Balaban J connectivity index is 3.58. The number of carbonyl (C=O) groups is 1. The Labute approximate surface area is 182 Å². The standard InChI is InChI=1S/C26H50O3/c1-6-7-8-9-10-11-12-13-14-15-16-17-18-19-20-21-22-25(28-23(2)3)26(27)29-24(4)5/h13-14,23-25H,6-12,15-22H2,1-5H3/b14-13-. The van der Waals surface area contributed by atoms with Crippen LogP contribution in [0.25, 0.3) is 0 Å². The fraction of sp³-hybridized carbons (Fsp3) is 0.885. The van der Waals surface area contributed by atoms with Crippen LogP contribution in [0.1, 0.15) is 131 Å². The molecule has 0 aliphatic carbocycles. The Morgan fingerprint density at radius 3 is 1.66 bits per heavy atom. The summed E-state index contributed by atoms with van der Waals surface area (Å²) < 4.78 is 11.1. The van der Waals surface area contributed by atoms with Gasteiger partial charge in [-0.2, -0.15) is 0 Å². The van der Waals surface area contributed by atoms with Gasteiger partial charge in [0, 0.05) is 0 Å². The van der Waals surface area contributed by atoms with E-state index in [-0.39, 0.29) is 18.2 Å². The summed E-state index contributed by atoms with van der Waals surface area (Å²) >= 11 is 0. The second-order valence-corrected chi connectivity index (χ2v) is 8.89. The lowest BCUT2D eigenvalue weighted by Crippen LogP contribution is -2.31. The monoisotopic (exact) mass is 410 g/mol. The molecule has 0 heterocycles. The van der Waals surface area contributed by atoms with E-state index in [9.17, 15) is 4.79 Å². The van der Waals surface area contributed by atoms with E-state index in [1.807, 2.05) is 27.7 Å². The summed E-state index contributed by atoms with van der Waals surface area (Å²) in [4.78, 5) is 12.1. The summed E-state index contributed by atoms with van der Waals surface area (Å²) in [6.45, 7) is 9.98. The number of ether oxygens (including phenoxy) is 2. The minimum Gasteiger partial charge on any atom is -0.461 e. The molecule has 0 fully saturated rings. The van der Waals surface area contributed by atoms with Gasteiger partial charge in [-0.25, -0.2) is 4.79 Å². The van der Waals surface area contributed by atoms with Gasteiger partial charge in [0.05, 0.1) is 12.2 Å². The van der Waals surface area contributed by atoms with Crippen molar-refractivity contribution in [3.05, 3.63) is 12.2 Å². The van der Waals surface area contributed by atoms with Crippen molar-refractivity contribution in [2.75, 3.05) is 0 Å². The van der Waals surface area contributed by atoms with Gasteiger partial charge in [-0.1, -0.05) is 83.3 Å². The van der Waals surface area contributed by atoms with Crippen molar-refractivity contribution in [2.24, 2.45) is 0 Å². The zero-order valence-electron chi connectivity index (χ0n) is 20.2. The Kier molecular flexibility index (Phi) is 19.9. The first kappa shape index (κ1) is 28.2. The molecule has 0 aromatic rings. The van der Waals surface area contributed by atoms with Gasteiger partial charge in [0.25, 0.3) is 0 Å². The molecule has 0 amide bonds. The fourth-order valence-electron chi connectivity index (χ4n) is 3.46. The van der Waals surface area contributed by atoms with Crippen LogP contribution in [-0.2, 0) is 14.3 Å². The smallest absolute Gasteiger partial charge is 0.335 e. The molecule has 0 spiro atoms. The van der Waals surface area contributed by atoms with Crippen molar-refractivity contribution >= 4 is 5.97 Å². The summed E-state index contributed by atoms with van der Waals surface area (Å²) in [6.07, 6.45) is 23.2. The average Bonchev–Trinajstić information content (AvgIpc) is 2.65. The zero-order valence-corrected chi connectivity index (χ0v) is 20.2. The van der Waals surface area contributed by atoms with Gasteiger partial charge in [-0.3, -0.25) is 0 Å². The van der Waals surface area contributed by atoms with Gasteiger partial charge in [0.15, 0.2) is 6.10 Å². The summed E-state index contributed by atoms with van der Waals surface area (Å²) in [6, 6.07) is 0. The van der Waals surface area contributed by atoms with E-state index in [0.717, 1.165) is 12.8 Å². The van der Waals surface area contributed by atoms with Crippen LogP contribution in [0.15, 0.2) is 12.2 Å². The second kappa shape index (κ2) is 20.4. The SMILES string of the molecule is CCCCCCCC/C=C\CCCCCCCCC(OC(C)C)C(=O)OC(C)C. The predicted octanol–water partition coefficient (Wildman–Crippen LogP) is 8.16. The first-order valence-electron chi connectivity index (χ1n) is 12.5. The van der Waals surface area contributed by atoms with E-state index >= 15 is 0 Å². The lowest BCUT2D eigenvalue weighted by Gasteiger charge is -2.20. The van der Waals surface area contributed by atoms with Gasteiger partial charge in [0.1, 0.15) is 0 Å². The number of carbonyl (C=O) groups excluding carboxylic acids is 1. The van der Waals surface area contributed by atoms with E-state index in [4.69, 9.17) is 9.47 Å². The van der Waals surface area contributed by atoms with E-state index in [2.05, 4.69) is 19.1 Å². The van der Waals surface area contributed by atoms with Crippen LogP contribution in [-0.4, -0.2) is 24.3 Å². The minimum absolute atomic E-state index is 0.0498. The molecule has 3 heteroatoms. The highest BCUT2D eigenvalue weighted by Gasteiger charge is 2.22. The van der Waals surface area contributed by atoms with Crippen molar-refractivity contribution in [3.8, 4) is 0 Å². The molecule has 0 saturated carbocycles. The molecule has 0 N–H and O–H groups in total. The van der Waals surface area contributed by atoms with Gasteiger partial charge < -0.3 is 9.47 Å². The highest BCUT2D eigenvalue weighted by Crippen LogP contribution is 2.14. The van der Waals surface area contributed by atoms with Crippen LogP contribution < -0.4 is 0 Å². The summed E-state index contributed by atoms with van der Waals surface area (Å²) in [5, 5.41) is 0. The van der Waals surface area contributed by atoms with E-state index in [1.54, 1.807) is 0 Å². The maximum atomic E-state index is 12.1. The Hall–Kier alpha value is -0.830. The van der Waals surface area contributed by atoms with Gasteiger partial charge in [0.2, 0.25) is 0 Å². The molecule has 29 heavy (non-hydrogen) atoms. The van der Waals surface area contributed by atoms with Crippen LogP contribution in [0.4, 0.5) is 0 Å². The highest BCUT2D eigenvalue weighted by molar-refractivity contribution is 5.74. The molecular formula is C26H50O3. The Morgan fingerprint density at radius 2 is 1.17 bits per heavy atom. The highest BCUT2D eigenvalue weighted by atomic mass is 16.6. The molecule has 1 unspecified atom stereocenters. The third-order valence-electron chi connectivity index (χ3n) is 5.03. The molecule has 3 nitrogen and oxygen atoms in total. The van der Waals surface area contributed by atoms with Crippen molar-refractivity contribution in [3.63, 3.8) is 0 Å². The van der Waals surface area contributed by atoms with Crippen LogP contribution >= 0.6 is 0 Å². The number of hydrogen-bond acceptors (Lipinski definition) is 3. The minimum atomic E-state index is -0.408. The van der Waals surface area contributed by atoms with Crippen molar-refractivity contribution in [1.82, 2.24) is 0 Å². The quantitative estimate of drug-likeness (QED) is 0.115. The number of allylic oxidation sites excluding steroid dienone is 2. The van der Waals surface area contributed by atoms with E-state index in [1.165, 1.54) is 83.5 Å². The van der Waals surface area contributed by atoms with E-state index in [0.29, 0.717) is 0 Å². The summed E-state index contributed by atoms with van der Waals surface area (Å²) in [7, 11) is 0. The zero-order chi connectivity index (χ0) is 21.7. The summed E-state index contributed by atoms with van der Waals surface area (Å²) in [5.41, 5.74) is 0. The molecule has 0 saturated heterocycles. The molecule has 0 bridgehead atoms. The molecule has 0 aliphatic heterocycles. The topological polar surface area (TPSA) is 35.5 Å². The molecule has 172 valence electrons. The van der Waals surface area contributed by atoms with Gasteiger partial charge in [-0.05, 0) is 59.8 Å². The third kappa shape index (κ3) is 20.2. The van der Waals surface area contributed by atoms with Crippen molar-refractivity contribution in [2.45, 2.75) is 149 Å². The molecule has 0 rings (SSSR count). The molecule has 0 aromatic heterocycles. The molecule has 0 aliphatic rings. The van der Waals surface area contributed by atoms with Crippen LogP contribution in [0.3, 0.4) is 0 Å². The van der Waals surface area contributed by atoms with Gasteiger partial charge in [-0.15, -0.1) is 0 Å². The molecule has 0 radical (unpaired) electrons. The van der Waals surface area contributed by atoms with Crippen LogP contribution in [0.5, 0.6) is 0 Å². The molecular weight excluding hydrogens is 360 g/mol. The number of rotatable bonds is 20. The number of hydrogen-bond donors (Lipinski definition) is 0. The lowest BCUT2D eigenvalue weighted by atomic mass is 10.1. The molecule has 1 atom stereocenters. The Morgan fingerprint density at radius 1 is 0.690 bits per heavy atom. The van der Waals surface area contributed by atoms with Crippen LogP contribution in [0, 0.1) is 0 Å². The lowest BCUT2D eigenvalue weighted by molar-refractivity contribution is -0.164. The molecule has 0 aromatic carbocycles. The average molecular weight is 411 g/mol. The van der Waals surface area contributed by atoms with E-state index < -0.39 is 6.10 Å². The third-order valence-corrected chi connectivity index (χ3v) is 5.03.